The van der Waals surface area contributed by atoms with Crippen LogP contribution >= 0.6 is 0 Å². The largest absolute Gasteiger partial charge is 0.397 e. The maximum Gasteiger partial charge on any atom is 0.253 e. The van der Waals surface area contributed by atoms with Gasteiger partial charge in [0.2, 0.25) is 0 Å². The molecule has 2 rings (SSSR count). The third-order valence-corrected chi connectivity index (χ3v) is 4.08. The third kappa shape index (κ3) is 3.47. The van der Waals surface area contributed by atoms with E-state index in [0.29, 0.717) is 17.3 Å². The smallest absolute Gasteiger partial charge is 0.253 e. The van der Waals surface area contributed by atoms with Crippen molar-refractivity contribution in [1.29, 1.82) is 0 Å². The molecular formula is C16H25N3O2. The van der Waals surface area contributed by atoms with Crippen molar-refractivity contribution in [3.8, 4) is 0 Å². The molecule has 0 aliphatic carbocycles. The summed E-state index contributed by atoms with van der Waals surface area (Å²) in [4.78, 5) is 15.8. The average molecular weight is 291 g/mol. The highest BCUT2D eigenvalue weighted by atomic mass is 16.3. The van der Waals surface area contributed by atoms with Crippen LogP contribution in [0.15, 0.2) is 18.2 Å². The number of carbonyl (C=O) groups excluding carboxylic acids is 1. The van der Waals surface area contributed by atoms with Crippen LogP contribution in [0.1, 0.15) is 36.0 Å². The molecule has 1 heterocycles. The minimum Gasteiger partial charge on any atom is -0.397 e. The van der Waals surface area contributed by atoms with Crippen molar-refractivity contribution in [2.24, 2.45) is 0 Å². The number of nitrogens with zero attached hydrogens (tertiary/aromatic N) is 2. The van der Waals surface area contributed by atoms with Crippen molar-refractivity contribution in [2.75, 3.05) is 37.9 Å². The fourth-order valence-corrected chi connectivity index (χ4v) is 2.97. The number of rotatable bonds is 4. The molecular weight excluding hydrogens is 266 g/mol. The number of carbonyl (C=O) groups is 1. The van der Waals surface area contributed by atoms with Gasteiger partial charge in [-0.1, -0.05) is 0 Å². The normalized spacial score (nSPS) is 18.6. The number of nitrogen functional groups attached to an aromatic ring is 1. The number of piperidine rings is 1. The number of benzene rings is 1. The molecule has 5 nitrogen and oxygen atoms in total. The van der Waals surface area contributed by atoms with Crippen LogP contribution < -0.4 is 10.6 Å². The van der Waals surface area contributed by atoms with Crippen LogP contribution in [0.4, 0.5) is 11.4 Å². The molecule has 0 saturated carbocycles. The summed E-state index contributed by atoms with van der Waals surface area (Å²) >= 11 is 0. The standard InChI is InChI=1S/C16H25N3O2/c1-18(2)16(21)12-6-7-15(14(17)11-12)19-9-4-3-5-13(19)8-10-20/h6-7,11,13,20H,3-5,8-10,17H2,1-2H3. The topological polar surface area (TPSA) is 69.8 Å². The van der Waals surface area contributed by atoms with Gasteiger partial charge in [-0.05, 0) is 43.9 Å². The van der Waals surface area contributed by atoms with E-state index in [1.54, 1.807) is 25.1 Å². The molecule has 0 spiro atoms. The summed E-state index contributed by atoms with van der Waals surface area (Å²) in [6.07, 6.45) is 4.17. The van der Waals surface area contributed by atoms with Crippen molar-refractivity contribution in [3.63, 3.8) is 0 Å². The van der Waals surface area contributed by atoms with Gasteiger partial charge in [-0.25, -0.2) is 0 Å². The molecule has 1 atom stereocenters. The Morgan fingerprint density at radius 3 is 2.81 bits per heavy atom. The zero-order valence-electron chi connectivity index (χ0n) is 12.9. The third-order valence-electron chi connectivity index (χ3n) is 4.08. The monoisotopic (exact) mass is 291 g/mol. The second-order valence-electron chi connectivity index (χ2n) is 5.83. The van der Waals surface area contributed by atoms with Gasteiger partial charge in [0, 0.05) is 38.9 Å². The van der Waals surface area contributed by atoms with E-state index in [1.807, 2.05) is 12.1 Å². The Hall–Kier alpha value is -1.75. The van der Waals surface area contributed by atoms with Gasteiger partial charge in [-0.2, -0.15) is 0 Å². The SMILES string of the molecule is CN(C)C(=O)c1ccc(N2CCCCC2CCO)c(N)c1. The van der Waals surface area contributed by atoms with Crippen LogP contribution in [0, 0.1) is 0 Å². The zero-order valence-corrected chi connectivity index (χ0v) is 12.9. The second-order valence-corrected chi connectivity index (χ2v) is 5.83. The molecule has 1 aromatic rings. The van der Waals surface area contributed by atoms with Crippen LogP contribution in [0.3, 0.4) is 0 Å². The van der Waals surface area contributed by atoms with E-state index in [4.69, 9.17) is 5.73 Å². The highest BCUT2D eigenvalue weighted by Crippen LogP contribution is 2.31. The summed E-state index contributed by atoms with van der Waals surface area (Å²) in [5.74, 6) is -0.0428. The Balaban J connectivity index is 2.25. The number of aliphatic hydroxyl groups is 1. The Morgan fingerprint density at radius 2 is 2.19 bits per heavy atom. The molecule has 21 heavy (non-hydrogen) atoms. The van der Waals surface area contributed by atoms with Crippen molar-refractivity contribution in [2.45, 2.75) is 31.7 Å². The van der Waals surface area contributed by atoms with Crippen LogP contribution in [0.2, 0.25) is 0 Å². The van der Waals surface area contributed by atoms with Gasteiger partial charge in [-0.3, -0.25) is 4.79 Å². The molecule has 0 bridgehead atoms. The number of nitrogens with two attached hydrogens (primary N) is 1. The highest BCUT2D eigenvalue weighted by Gasteiger charge is 2.24. The summed E-state index contributed by atoms with van der Waals surface area (Å²) in [5.41, 5.74) is 8.39. The van der Waals surface area contributed by atoms with E-state index in [-0.39, 0.29) is 12.5 Å². The molecule has 1 aromatic carbocycles. The van der Waals surface area contributed by atoms with Gasteiger partial charge in [0.25, 0.3) is 5.91 Å². The lowest BCUT2D eigenvalue weighted by Crippen LogP contribution is -2.40. The quantitative estimate of drug-likeness (QED) is 0.829. The summed E-state index contributed by atoms with van der Waals surface area (Å²) in [6.45, 7) is 1.15. The maximum atomic E-state index is 12.0. The Bertz CT molecular complexity index is 500. The van der Waals surface area contributed by atoms with Crippen molar-refractivity contribution < 1.29 is 9.90 Å². The van der Waals surface area contributed by atoms with E-state index in [2.05, 4.69) is 4.90 Å². The van der Waals surface area contributed by atoms with Gasteiger partial charge < -0.3 is 20.6 Å². The van der Waals surface area contributed by atoms with Gasteiger partial charge in [0.05, 0.1) is 11.4 Å². The predicted octanol–water partition coefficient (Wildman–Crippen LogP) is 1.71. The molecule has 1 unspecified atom stereocenters. The molecule has 0 radical (unpaired) electrons. The lowest BCUT2D eigenvalue weighted by molar-refractivity contribution is 0.0827. The molecule has 1 aliphatic heterocycles. The van der Waals surface area contributed by atoms with E-state index in [9.17, 15) is 9.90 Å². The number of amides is 1. The first-order chi connectivity index (χ1) is 10.0. The van der Waals surface area contributed by atoms with E-state index >= 15 is 0 Å². The predicted molar refractivity (Wildman–Crippen MR) is 85.6 cm³/mol. The lowest BCUT2D eigenvalue weighted by Gasteiger charge is -2.38. The van der Waals surface area contributed by atoms with Gasteiger partial charge in [-0.15, -0.1) is 0 Å². The summed E-state index contributed by atoms with van der Waals surface area (Å²) < 4.78 is 0. The van der Waals surface area contributed by atoms with Crippen LogP contribution in [0.25, 0.3) is 0 Å². The van der Waals surface area contributed by atoms with Crippen LogP contribution in [-0.4, -0.2) is 49.2 Å². The molecule has 116 valence electrons. The molecule has 1 aliphatic rings. The Morgan fingerprint density at radius 1 is 1.43 bits per heavy atom. The average Bonchev–Trinajstić information content (AvgIpc) is 2.47. The van der Waals surface area contributed by atoms with E-state index < -0.39 is 0 Å². The highest BCUT2D eigenvalue weighted by molar-refractivity contribution is 5.95. The Kier molecular flexibility index (Phi) is 5.07. The molecule has 0 aromatic heterocycles. The number of aliphatic hydroxyl groups excluding tert-OH is 1. The molecule has 1 amide bonds. The van der Waals surface area contributed by atoms with Crippen molar-refractivity contribution in [1.82, 2.24) is 4.90 Å². The second kappa shape index (κ2) is 6.80. The fourth-order valence-electron chi connectivity index (χ4n) is 2.97. The maximum absolute atomic E-state index is 12.0. The van der Waals surface area contributed by atoms with E-state index in [1.165, 1.54) is 6.42 Å². The molecule has 1 fully saturated rings. The van der Waals surface area contributed by atoms with E-state index in [0.717, 1.165) is 31.5 Å². The van der Waals surface area contributed by atoms with Gasteiger partial charge in [0.1, 0.15) is 0 Å². The number of hydrogen-bond acceptors (Lipinski definition) is 4. The number of hydrogen-bond donors (Lipinski definition) is 2. The van der Waals surface area contributed by atoms with Gasteiger partial charge >= 0.3 is 0 Å². The fraction of sp³-hybridized carbons (Fsp3) is 0.562. The lowest BCUT2D eigenvalue weighted by atomic mass is 9.98. The first kappa shape index (κ1) is 15.6. The molecule has 1 saturated heterocycles. The minimum atomic E-state index is -0.0428. The number of anilines is 2. The molecule has 3 N–H and O–H groups in total. The zero-order chi connectivity index (χ0) is 15.4. The van der Waals surface area contributed by atoms with Crippen LogP contribution in [0.5, 0.6) is 0 Å². The van der Waals surface area contributed by atoms with Crippen molar-refractivity contribution >= 4 is 17.3 Å². The molecule has 5 heteroatoms. The summed E-state index contributed by atoms with van der Waals surface area (Å²) in [7, 11) is 3.46. The summed E-state index contributed by atoms with van der Waals surface area (Å²) in [5, 5.41) is 9.22. The first-order valence-electron chi connectivity index (χ1n) is 7.53. The van der Waals surface area contributed by atoms with Crippen LogP contribution in [-0.2, 0) is 0 Å². The van der Waals surface area contributed by atoms with Crippen molar-refractivity contribution in [3.05, 3.63) is 23.8 Å². The summed E-state index contributed by atoms with van der Waals surface area (Å²) in [6, 6.07) is 5.85. The van der Waals surface area contributed by atoms with Gasteiger partial charge in [0.15, 0.2) is 0 Å². The first-order valence-corrected chi connectivity index (χ1v) is 7.53. The Labute approximate surface area is 126 Å². The minimum absolute atomic E-state index is 0.0428.